The van der Waals surface area contributed by atoms with Crippen molar-refractivity contribution in [3.8, 4) is 0 Å². The monoisotopic (exact) mass is 243 g/mol. The number of carbonyl (C=O) groups is 1. The lowest BCUT2D eigenvalue weighted by molar-refractivity contribution is -0.143. The van der Waals surface area contributed by atoms with Crippen LogP contribution in [0.3, 0.4) is 0 Å². The summed E-state index contributed by atoms with van der Waals surface area (Å²) in [6.45, 7) is 0.752. The molecule has 0 saturated carbocycles. The van der Waals surface area contributed by atoms with Crippen LogP contribution >= 0.6 is 11.6 Å². The van der Waals surface area contributed by atoms with Gasteiger partial charge in [0.2, 0.25) is 0 Å². The number of hydrogen-bond donors (Lipinski definition) is 0. The molecule has 0 spiro atoms. The molecule has 0 N–H and O–H groups in total. The summed E-state index contributed by atoms with van der Waals surface area (Å²) in [5.41, 5.74) is 0.744. The molecule has 1 aromatic rings. The Morgan fingerprint density at radius 2 is 2.38 bits per heavy atom. The van der Waals surface area contributed by atoms with Gasteiger partial charge in [0, 0.05) is 12.2 Å². The van der Waals surface area contributed by atoms with Crippen LogP contribution in [0.25, 0.3) is 0 Å². The van der Waals surface area contributed by atoms with Crippen molar-refractivity contribution in [2.75, 3.05) is 18.6 Å². The Morgan fingerprint density at radius 1 is 1.62 bits per heavy atom. The van der Waals surface area contributed by atoms with Crippen molar-refractivity contribution < 1.29 is 13.9 Å². The largest absolute Gasteiger partial charge is 0.467 e. The highest BCUT2D eigenvalue weighted by atomic mass is 35.5. The molecule has 0 radical (unpaired) electrons. The summed E-state index contributed by atoms with van der Waals surface area (Å²) < 4.78 is 17.6. The lowest BCUT2D eigenvalue weighted by Crippen LogP contribution is -2.53. The molecule has 1 unspecified atom stereocenters. The molecule has 1 heterocycles. The summed E-state index contributed by atoms with van der Waals surface area (Å²) in [5, 5.41) is 0.0630. The van der Waals surface area contributed by atoms with Crippen LogP contribution in [0, 0.1) is 5.82 Å². The standard InChI is InChI=1S/C11H11ClFNO2/c1-16-11(15)10-4-5-14(10)7-2-3-9(13)8(12)6-7/h2-3,6,10H,4-5H2,1H3. The topological polar surface area (TPSA) is 29.5 Å². The van der Waals surface area contributed by atoms with Crippen LogP contribution in [0.2, 0.25) is 5.02 Å². The van der Waals surface area contributed by atoms with Gasteiger partial charge in [-0.1, -0.05) is 11.6 Å². The van der Waals surface area contributed by atoms with Gasteiger partial charge in [0.25, 0.3) is 0 Å². The highest BCUT2D eigenvalue weighted by Gasteiger charge is 2.35. The Bertz CT molecular complexity index is 424. The molecule has 1 fully saturated rings. The van der Waals surface area contributed by atoms with Crippen molar-refractivity contribution in [3.63, 3.8) is 0 Å². The molecule has 3 nitrogen and oxygen atoms in total. The van der Waals surface area contributed by atoms with Crippen molar-refractivity contribution in [2.24, 2.45) is 0 Å². The molecule has 86 valence electrons. The number of nitrogens with zero attached hydrogens (tertiary/aromatic N) is 1. The van der Waals surface area contributed by atoms with Crippen LogP contribution in [0.1, 0.15) is 6.42 Å². The van der Waals surface area contributed by atoms with Crippen LogP contribution in [0.5, 0.6) is 0 Å². The fraction of sp³-hybridized carbons (Fsp3) is 0.364. The second-order valence-corrected chi connectivity index (χ2v) is 4.03. The summed E-state index contributed by atoms with van der Waals surface area (Å²) in [6, 6.07) is 4.15. The first-order valence-electron chi connectivity index (χ1n) is 4.93. The molecule has 1 aromatic carbocycles. The molecule has 0 aromatic heterocycles. The second-order valence-electron chi connectivity index (χ2n) is 3.62. The second kappa shape index (κ2) is 4.29. The van der Waals surface area contributed by atoms with E-state index in [2.05, 4.69) is 4.74 Å². The third kappa shape index (κ3) is 1.85. The number of carbonyl (C=O) groups excluding carboxylic acids is 1. The van der Waals surface area contributed by atoms with Gasteiger partial charge < -0.3 is 9.64 Å². The van der Waals surface area contributed by atoms with E-state index in [0.29, 0.717) is 0 Å². The van der Waals surface area contributed by atoms with Crippen LogP contribution in [0.15, 0.2) is 18.2 Å². The van der Waals surface area contributed by atoms with Gasteiger partial charge in [-0.25, -0.2) is 9.18 Å². The Hall–Kier alpha value is -1.29. The maximum atomic E-state index is 13.0. The summed E-state index contributed by atoms with van der Waals surface area (Å²) in [4.78, 5) is 13.2. The average Bonchev–Trinajstić information content (AvgIpc) is 2.21. The van der Waals surface area contributed by atoms with Gasteiger partial charge in [-0.15, -0.1) is 0 Å². The fourth-order valence-electron chi connectivity index (χ4n) is 1.74. The number of ether oxygens (including phenoxy) is 1. The van der Waals surface area contributed by atoms with Gasteiger partial charge in [-0.3, -0.25) is 0 Å². The van der Waals surface area contributed by atoms with E-state index in [1.165, 1.54) is 19.2 Å². The minimum Gasteiger partial charge on any atom is -0.467 e. The lowest BCUT2D eigenvalue weighted by atomic mass is 10.0. The first-order valence-corrected chi connectivity index (χ1v) is 5.31. The molecule has 16 heavy (non-hydrogen) atoms. The number of anilines is 1. The predicted octanol–water partition coefficient (Wildman–Crippen LogP) is 2.23. The molecule has 2 rings (SSSR count). The quantitative estimate of drug-likeness (QED) is 0.746. The van der Waals surface area contributed by atoms with Gasteiger partial charge in [-0.05, 0) is 24.6 Å². The van der Waals surface area contributed by atoms with E-state index < -0.39 is 5.82 Å². The molecule has 0 amide bonds. The van der Waals surface area contributed by atoms with Crippen molar-refractivity contribution in [1.29, 1.82) is 0 Å². The number of hydrogen-bond acceptors (Lipinski definition) is 3. The predicted molar refractivity (Wildman–Crippen MR) is 59.2 cm³/mol. The molecule has 1 aliphatic heterocycles. The van der Waals surface area contributed by atoms with E-state index in [-0.39, 0.29) is 17.0 Å². The van der Waals surface area contributed by atoms with Crippen LogP contribution in [-0.4, -0.2) is 25.7 Å². The molecule has 1 atom stereocenters. The number of methoxy groups -OCH3 is 1. The van der Waals surface area contributed by atoms with Gasteiger partial charge in [0.05, 0.1) is 12.1 Å². The highest BCUT2D eigenvalue weighted by Crippen LogP contribution is 2.30. The third-order valence-corrected chi connectivity index (χ3v) is 3.02. The SMILES string of the molecule is COC(=O)C1CCN1c1ccc(F)c(Cl)c1. The number of benzene rings is 1. The molecule has 5 heteroatoms. The fourth-order valence-corrected chi connectivity index (χ4v) is 1.92. The third-order valence-electron chi connectivity index (χ3n) is 2.73. The molecular formula is C11H11ClFNO2. The summed E-state index contributed by atoms with van der Waals surface area (Å²) in [6.07, 6.45) is 0.752. The van der Waals surface area contributed by atoms with Crippen molar-refractivity contribution in [1.82, 2.24) is 0 Å². The maximum absolute atomic E-state index is 13.0. The van der Waals surface area contributed by atoms with Crippen LogP contribution in [-0.2, 0) is 9.53 Å². The molecule has 0 bridgehead atoms. The summed E-state index contributed by atoms with van der Waals surface area (Å²) in [5.74, 6) is -0.729. The van der Waals surface area contributed by atoms with Crippen molar-refractivity contribution >= 4 is 23.3 Å². The summed E-state index contributed by atoms with van der Waals surface area (Å²) >= 11 is 5.68. The first kappa shape index (κ1) is 11.2. The Kier molecular flexibility index (Phi) is 3.01. The van der Waals surface area contributed by atoms with E-state index in [9.17, 15) is 9.18 Å². The van der Waals surface area contributed by atoms with E-state index in [4.69, 9.17) is 11.6 Å². The zero-order valence-corrected chi connectivity index (χ0v) is 9.50. The zero-order valence-electron chi connectivity index (χ0n) is 8.74. The average molecular weight is 244 g/mol. The normalized spacial score (nSPS) is 19.2. The van der Waals surface area contributed by atoms with E-state index in [1.807, 2.05) is 4.90 Å². The van der Waals surface area contributed by atoms with E-state index in [0.717, 1.165) is 18.7 Å². The Labute approximate surface area is 97.8 Å². The lowest BCUT2D eigenvalue weighted by Gasteiger charge is -2.40. The Morgan fingerprint density at radius 3 is 2.88 bits per heavy atom. The van der Waals surface area contributed by atoms with Gasteiger partial charge >= 0.3 is 5.97 Å². The van der Waals surface area contributed by atoms with Crippen molar-refractivity contribution in [3.05, 3.63) is 29.0 Å². The van der Waals surface area contributed by atoms with Crippen LogP contribution in [0.4, 0.5) is 10.1 Å². The molecule has 1 aliphatic rings. The molecule has 1 saturated heterocycles. The van der Waals surface area contributed by atoms with E-state index in [1.54, 1.807) is 6.07 Å². The zero-order chi connectivity index (χ0) is 11.7. The smallest absolute Gasteiger partial charge is 0.328 e. The van der Waals surface area contributed by atoms with E-state index >= 15 is 0 Å². The highest BCUT2D eigenvalue weighted by molar-refractivity contribution is 6.31. The number of esters is 1. The molecular weight excluding hydrogens is 233 g/mol. The number of halogens is 2. The maximum Gasteiger partial charge on any atom is 0.328 e. The Balaban J connectivity index is 2.19. The minimum absolute atomic E-state index is 0.0630. The van der Waals surface area contributed by atoms with Gasteiger partial charge in [0.15, 0.2) is 0 Å². The van der Waals surface area contributed by atoms with Gasteiger partial charge in [-0.2, -0.15) is 0 Å². The minimum atomic E-state index is -0.458. The summed E-state index contributed by atoms with van der Waals surface area (Å²) in [7, 11) is 1.36. The van der Waals surface area contributed by atoms with Crippen molar-refractivity contribution in [2.45, 2.75) is 12.5 Å². The first-order chi connectivity index (χ1) is 7.63. The molecule has 0 aliphatic carbocycles. The van der Waals surface area contributed by atoms with Crippen LogP contribution < -0.4 is 4.90 Å². The van der Waals surface area contributed by atoms with Gasteiger partial charge in [0.1, 0.15) is 11.9 Å². The number of rotatable bonds is 2.